The summed E-state index contributed by atoms with van der Waals surface area (Å²) in [6.07, 6.45) is 2.29. The number of nitrogens with two attached hydrogens (primary N) is 1. The molecule has 0 radical (unpaired) electrons. The largest absolute Gasteiger partial charge is 0.465 e. The van der Waals surface area contributed by atoms with Gasteiger partial charge in [-0.25, -0.2) is 14.8 Å². The highest BCUT2D eigenvalue weighted by Crippen LogP contribution is 2.10. The van der Waals surface area contributed by atoms with Crippen LogP contribution in [-0.4, -0.2) is 74.2 Å². The Kier molecular flexibility index (Phi) is 7.50. The third kappa shape index (κ3) is 6.87. The Labute approximate surface area is 173 Å². The van der Waals surface area contributed by atoms with Gasteiger partial charge in [0.2, 0.25) is 11.9 Å². The van der Waals surface area contributed by atoms with Crippen molar-refractivity contribution < 1.29 is 23.9 Å². The third-order valence-electron chi connectivity index (χ3n) is 3.71. The Morgan fingerprint density at radius 3 is 2.67 bits per heavy atom. The molecule has 0 fully saturated rings. The molecular formula is C18H27N7O5. The Balaban J connectivity index is 2.05. The Hall–Kier alpha value is -3.44. The summed E-state index contributed by atoms with van der Waals surface area (Å²) in [7, 11) is 0. The predicted octanol–water partition coefficient (Wildman–Crippen LogP) is 0.325. The number of esters is 1. The zero-order chi connectivity index (χ0) is 22.3. The number of anilines is 1. The van der Waals surface area contributed by atoms with Gasteiger partial charge in [-0.15, -0.1) is 0 Å². The van der Waals surface area contributed by atoms with Crippen LogP contribution in [-0.2, 0) is 25.6 Å². The van der Waals surface area contributed by atoms with E-state index in [9.17, 15) is 14.4 Å². The van der Waals surface area contributed by atoms with Crippen LogP contribution in [0.15, 0.2) is 12.5 Å². The number of rotatable bonds is 8. The lowest BCUT2D eigenvalue weighted by molar-refractivity contribution is -0.149. The smallest absolute Gasteiger partial charge is 0.407 e. The summed E-state index contributed by atoms with van der Waals surface area (Å²) in [5.41, 5.74) is 5.85. The Morgan fingerprint density at radius 2 is 2.00 bits per heavy atom. The molecule has 12 nitrogen and oxygen atoms in total. The molecular weight excluding hydrogens is 394 g/mol. The lowest BCUT2D eigenvalue weighted by Gasteiger charge is -2.23. The molecule has 0 aliphatic heterocycles. The number of imidazole rings is 1. The monoisotopic (exact) mass is 421 g/mol. The first-order valence-corrected chi connectivity index (χ1v) is 9.42. The summed E-state index contributed by atoms with van der Waals surface area (Å²) >= 11 is 0. The molecule has 30 heavy (non-hydrogen) atoms. The topological polar surface area (TPSA) is 155 Å². The molecule has 2 aromatic heterocycles. The second-order valence-electron chi connectivity index (χ2n) is 7.36. The molecule has 0 saturated heterocycles. The lowest BCUT2D eigenvalue weighted by atomic mass is 10.2. The number of fused-ring (bicyclic) bond motifs is 1. The van der Waals surface area contributed by atoms with Crippen LogP contribution in [0.4, 0.5) is 10.7 Å². The van der Waals surface area contributed by atoms with Gasteiger partial charge in [0.15, 0.2) is 5.65 Å². The number of hydrogen-bond acceptors (Lipinski definition) is 9. The van der Waals surface area contributed by atoms with Crippen LogP contribution in [0.2, 0.25) is 0 Å². The average molecular weight is 421 g/mol. The SMILES string of the molecule is CCOC(=O)CN(CCNC(=O)OC(C)(C)C)C(=O)Cn1cnc2cnc(N)nc21. The zero-order valence-corrected chi connectivity index (χ0v) is 17.5. The number of amides is 2. The van der Waals surface area contributed by atoms with Crippen molar-refractivity contribution in [3.63, 3.8) is 0 Å². The summed E-state index contributed by atoms with van der Waals surface area (Å²) < 4.78 is 11.6. The van der Waals surface area contributed by atoms with Crippen molar-refractivity contribution in [2.45, 2.75) is 39.8 Å². The van der Waals surface area contributed by atoms with E-state index in [1.54, 1.807) is 27.7 Å². The van der Waals surface area contributed by atoms with Crippen LogP contribution in [0.5, 0.6) is 0 Å². The zero-order valence-electron chi connectivity index (χ0n) is 17.5. The molecule has 2 heterocycles. The number of ether oxygens (including phenoxy) is 2. The maximum absolute atomic E-state index is 12.8. The van der Waals surface area contributed by atoms with Gasteiger partial charge in [-0.2, -0.15) is 4.98 Å². The van der Waals surface area contributed by atoms with Gasteiger partial charge < -0.3 is 30.0 Å². The van der Waals surface area contributed by atoms with Crippen molar-refractivity contribution in [1.82, 2.24) is 29.7 Å². The highest BCUT2D eigenvalue weighted by Gasteiger charge is 2.21. The molecule has 12 heteroatoms. The number of aromatic nitrogens is 4. The van der Waals surface area contributed by atoms with E-state index in [0.29, 0.717) is 11.2 Å². The standard InChI is InChI=1S/C18H27N7O5/c1-5-29-14(27)10-24(7-6-20-17(28)30-18(2,3)4)13(26)9-25-11-22-12-8-21-16(19)23-15(12)25/h8,11H,5-7,9-10H2,1-4H3,(H,20,28)(H2,19,21,23). The Morgan fingerprint density at radius 1 is 1.27 bits per heavy atom. The minimum atomic E-state index is -0.642. The van der Waals surface area contributed by atoms with Gasteiger partial charge >= 0.3 is 12.1 Å². The molecule has 2 rings (SSSR count). The van der Waals surface area contributed by atoms with Crippen LogP contribution >= 0.6 is 0 Å². The molecule has 0 unspecified atom stereocenters. The van der Waals surface area contributed by atoms with Crippen molar-refractivity contribution in [3.05, 3.63) is 12.5 Å². The summed E-state index contributed by atoms with van der Waals surface area (Å²) in [6, 6.07) is 0. The average Bonchev–Trinajstić information content (AvgIpc) is 3.01. The predicted molar refractivity (Wildman–Crippen MR) is 107 cm³/mol. The van der Waals surface area contributed by atoms with Gasteiger partial charge in [0.25, 0.3) is 0 Å². The van der Waals surface area contributed by atoms with E-state index in [1.165, 1.54) is 22.0 Å². The molecule has 0 aliphatic carbocycles. The van der Waals surface area contributed by atoms with Gasteiger partial charge in [0.1, 0.15) is 24.2 Å². The normalized spacial score (nSPS) is 11.2. The van der Waals surface area contributed by atoms with Gasteiger partial charge in [-0.3, -0.25) is 9.59 Å². The minimum absolute atomic E-state index is 0.0571. The molecule has 0 saturated carbocycles. The van der Waals surface area contributed by atoms with E-state index < -0.39 is 17.7 Å². The van der Waals surface area contributed by atoms with Crippen LogP contribution in [0.25, 0.3) is 11.2 Å². The number of alkyl carbamates (subject to hydrolysis) is 1. The van der Waals surface area contributed by atoms with Crippen LogP contribution in [0.1, 0.15) is 27.7 Å². The first kappa shape index (κ1) is 22.8. The quantitative estimate of drug-likeness (QED) is 0.573. The summed E-state index contributed by atoms with van der Waals surface area (Å²) in [5.74, 6) is -0.877. The van der Waals surface area contributed by atoms with Crippen LogP contribution in [0, 0.1) is 0 Å². The summed E-state index contributed by atoms with van der Waals surface area (Å²) in [5, 5.41) is 2.56. The molecule has 3 N–H and O–H groups in total. The second-order valence-corrected chi connectivity index (χ2v) is 7.36. The summed E-state index contributed by atoms with van der Waals surface area (Å²) in [6.45, 7) is 6.90. The minimum Gasteiger partial charge on any atom is -0.465 e. The molecule has 164 valence electrons. The molecule has 0 aliphatic rings. The van der Waals surface area contributed by atoms with Gasteiger partial charge in [0.05, 0.1) is 19.1 Å². The van der Waals surface area contributed by atoms with Crippen LogP contribution < -0.4 is 11.1 Å². The second kappa shape index (κ2) is 9.85. The van der Waals surface area contributed by atoms with Gasteiger partial charge in [-0.1, -0.05) is 0 Å². The van der Waals surface area contributed by atoms with Crippen molar-refractivity contribution >= 4 is 35.1 Å². The fraction of sp³-hybridized carbons (Fsp3) is 0.556. The number of carbonyl (C=O) groups is 3. The van der Waals surface area contributed by atoms with E-state index in [2.05, 4.69) is 20.3 Å². The van der Waals surface area contributed by atoms with E-state index in [0.717, 1.165) is 0 Å². The lowest BCUT2D eigenvalue weighted by Crippen LogP contribution is -2.43. The third-order valence-corrected chi connectivity index (χ3v) is 3.71. The number of carbonyl (C=O) groups excluding carboxylic acids is 3. The fourth-order valence-corrected chi connectivity index (χ4v) is 2.49. The molecule has 0 bridgehead atoms. The fourth-order valence-electron chi connectivity index (χ4n) is 2.49. The maximum Gasteiger partial charge on any atom is 0.407 e. The van der Waals surface area contributed by atoms with Crippen molar-refractivity contribution in [2.75, 3.05) is 32.0 Å². The van der Waals surface area contributed by atoms with E-state index in [-0.39, 0.29) is 44.6 Å². The van der Waals surface area contributed by atoms with Gasteiger partial charge in [0, 0.05) is 13.1 Å². The summed E-state index contributed by atoms with van der Waals surface area (Å²) in [4.78, 5) is 49.9. The van der Waals surface area contributed by atoms with Crippen molar-refractivity contribution in [2.24, 2.45) is 0 Å². The first-order chi connectivity index (χ1) is 14.1. The molecule has 0 spiro atoms. The van der Waals surface area contributed by atoms with Crippen molar-refractivity contribution in [1.29, 1.82) is 0 Å². The van der Waals surface area contributed by atoms with Gasteiger partial charge in [-0.05, 0) is 27.7 Å². The van der Waals surface area contributed by atoms with E-state index >= 15 is 0 Å². The molecule has 2 aromatic rings. The maximum atomic E-state index is 12.8. The van der Waals surface area contributed by atoms with Crippen LogP contribution in [0.3, 0.4) is 0 Å². The number of nitrogen functional groups attached to an aromatic ring is 1. The number of nitrogens with zero attached hydrogens (tertiary/aromatic N) is 5. The highest BCUT2D eigenvalue weighted by atomic mass is 16.6. The van der Waals surface area contributed by atoms with E-state index in [4.69, 9.17) is 15.2 Å². The Bertz CT molecular complexity index is 906. The number of nitrogens with one attached hydrogen (secondary N) is 1. The molecule has 0 atom stereocenters. The molecule has 0 aromatic carbocycles. The van der Waals surface area contributed by atoms with Crippen molar-refractivity contribution in [3.8, 4) is 0 Å². The first-order valence-electron chi connectivity index (χ1n) is 9.42. The van der Waals surface area contributed by atoms with E-state index in [1.807, 2.05) is 0 Å². The highest BCUT2D eigenvalue weighted by molar-refractivity contribution is 5.83. The molecule has 2 amide bonds. The number of hydrogen-bond donors (Lipinski definition) is 2.